The SMILES string of the molecule is Cc1cc(C)cc(C(c2cc(C)cc(C)c2)C2CCC3CC=CC=C32)c1. The highest BCUT2D eigenvalue weighted by atomic mass is 14.4. The molecule has 2 aliphatic rings. The number of rotatable bonds is 3. The fourth-order valence-electron chi connectivity index (χ4n) is 5.35. The number of aryl methyl sites for hydroxylation is 4. The Morgan fingerprint density at radius 2 is 1.27 bits per heavy atom. The van der Waals surface area contributed by atoms with E-state index in [2.05, 4.69) is 82.3 Å². The summed E-state index contributed by atoms with van der Waals surface area (Å²) in [5.74, 6) is 1.87. The summed E-state index contributed by atoms with van der Waals surface area (Å²) in [6, 6.07) is 14.3. The number of fused-ring (bicyclic) bond motifs is 1. The highest BCUT2D eigenvalue weighted by Crippen LogP contribution is 2.49. The Kier molecular flexibility index (Phi) is 4.61. The van der Waals surface area contributed by atoms with Gasteiger partial charge < -0.3 is 0 Å². The standard InChI is InChI=1S/C26H30/c1-17-11-18(2)14-22(13-17)26(23-15-19(3)12-20(4)16-23)25-10-9-21-7-5-6-8-24(21)25/h5-6,8,11-16,21,25-26H,7,9-10H2,1-4H3. The first-order valence-corrected chi connectivity index (χ1v) is 10.0. The van der Waals surface area contributed by atoms with Gasteiger partial charge in [0.25, 0.3) is 0 Å². The number of hydrogen-bond donors (Lipinski definition) is 0. The molecule has 1 fully saturated rings. The minimum Gasteiger partial charge on any atom is -0.0839 e. The molecule has 2 aliphatic carbocycles. The van der Waals surface area contributed by atoms with Gasteiger partial charge in [-0.1, -0.05) is 82.5 Å². The van der Waals surface area contributed by atoms with Gasteiger partial charge in [0.05, 0.1) is 0 Å². The van der Waals surface area contributed by atoms with E-state index in [4.69, 9.17) is 0 Å². The average Bonchev–Trinajstić information content (AvgIpc) is 2.97. The van der Waals surface area contributed by atoms with Gasteiger partial charge in [-0.3, -0.25) is 0 Å². The maximum Gasteiger partial charge on any atom is 0.0155 e. The third-order valence-corrected chi connectivity index (χ3v) is 6.18. The van der Waals surface area contributed by atoms with E-state index in [9.17, 15) is 0 Å². The molecule has 0 nitrogen and oxygen atoms in total. The maximum absolute atomic E-state index is 2.42. The van der Waals surface area contributed by atoms with Crippen LogP contribution < -0.4 is 0 Å². The summed E-state index contributed by atoms with van der Waals surface area (Å²) in [5.41, 5.74) is 10.2. The Hall–Kier alpha value is -2.08. The van der Waals surface area contributed by atoms with Crippen molar-refractivity contribution in [2.45, 2.75) is 52.9 Å². The second kappa shape index (κ2) is 6.91. The van der Waals surface area contributed by atoms with E-state index < -0.39 is 0 Å². The molecule has 0 spiro atoms. The first-order chi connectivity index (χ1) is 12.5. The van der Waals surface area contributed by atoms with Crippen LogP contribution in [0.4, 0.5) is 0 Å². The van der Waals surface area contributed by atoms with Crippen LogP contribution in [0.15, 0.2) is 60.2 Å². The lowest BCUT2D eigenvalue weighted by Gasteiger charge is -2.29. The zero-order valence-corrected chi connectivity index (χ0v) is 16.5. The molecule has 2 atom stereocenters. The Labute approximate surface area is 158 Å². The van der Waals surface area contributed by atoms with E-state index in [1.54, 1.807) is 5.57 Å². The van der Waals surface area contributed by atoms with Crippen LogP contribution in [-0.4, -0.2) is 0 Å². The molecule has 2 aromatic rings. The van der Waals surface area contributed by atoms with Crippen LogP contribution in [-0.2, 0) is 0 Å². The molecule has 1 saturated carbocycles. The zero-order chi connectivity index (χ0) is 18.3. The first kappa shape index (κ1) is 17.3. The molecule has 2 unspecified atom stereocenters. The van der Waals surface area contributed by atoms with Gasteiger partial charge in [-0.15, -0.1) is 0 Å². The van der Waals surface area contributed by atoms with Crippen molar-refractivity contribution in [2.24, 2.45) is 11.8 Å². The van der Waals surface area contributed by atoms with Crippen molar-refractivity contribution in [3.63, 3.8) is 0 Å². The molecular weight excluding hydrogens is 312 g/mol. The molecule has 0 amide bonds. The molecule has 0 heteroatoms. The monoisotopic (exact) mass is 342 g/mol. The lowest BCUT2D eigenvalue weighted by Crippen LogP contribution is -2.16. The van der Waals surface area contributed by atoms with E-state index in [0.29, 0.717) is 11.8 Å². The smallest absolute Gasteiger partial charge is 0.0155 e. The molecule has 0 heterocycles. The molecule has 0 aromatic heterocycles. The van der Waals surface area contributed by atoms with Gasteiger partial charge in [-0.25, -0.2) is 0 Å². The van der Waals surface area contributed by atoms with Crippen molar-refractivity contribution >= 4 is 0 Å². The summed E-state index contributed by atoms with van der Waals surface area (Å²) in [6.45, 7) is 8.93. The van der Waals surface area contributed by atoms with Crippen LogP contribution >= 0.6 is 0 Å². The second-order valence-electron chi connectivity index (χ2n) is 8.53. The van der Waals surface area contributed by atoms with Crippen molar-refractivity contribution in [3.05, 3.63) is 93.6 Å². The minimum absolute atomic E-state index is 0.468. The van der Waals surface area contributed by atoms with E-state index in [1.165, 1.54) is 52.6 Å². The highest BCUT2D eigenvalue weighted by Gasteiger charge is 2.37. The van der Waals surface area contributed by atoms with Crippen molar-refractivity contribution in [1.82, 2.24) is 0 Å². The van der Waals surface area contributed by atoms with Gasteiger partial charge in [-0.05, 0) is 69.9 Å². The lowest BCUT2D eigenvalue weighted by atomic mass is 9.75. The average molecular weight is 343 g/mol. The first-order valence-electron chi connectivity index (χ1n) is 10.0. The van der Waals surface area contributed by atoms with Crippen molar-refractivity contribution in [1.29, 1.82) is 0 Å². The van der Waals surface area contributed by atoms with Crippen LogP contribution in [0.1, 0.15) is 58.6 Å². The van der Waals surface area contributed by atoms with E-state index in [1.807, 2.05) is 0 Å². The minimum atomic E-state index is 0.468. The molecule has 4 rings (SSSR count). The zero-order valence-electron chi connectivity index (χ0n) is 16.5. The van der Waals surface area contributed by atoms with Crippen LogP contribution in [0, 0.1) is 39.5 Å². The molecular formula is C26H30. The molecule has 0 bridgehead atoms. The Bertz CT molecular complexity index is 789. The predicted octanol–water partition coefficient (Wildman–Crippen LogP) is 6.96. The summed E-state index contributed by atoms with van der Waals surface area (Å²) in [5, 5.41) is 0. The van der Waals surface area contributed by atoms with Crippen LogP contribution in [0.5, 0.6) is 0 Å². The van der Waals surface area contributed by atoms with E-state index in [0.717, 1.165) is 5.92 Å². The summed E-state index contributed by atoms with van der Waals surface area (Å²) >= 11 is 0. The fourth-order valence-corrected chi connectivity index (χ4v) is 5.35. The predicted molar refractivity (Wildman–Crippen MR) is 112 cm³/mol. The van der Waals surface area contributed by atoms with Crippen molar-refractivity contribution in [2.75, 3.05) is 0 Å². The van der Waals surface area contributed by atoms with Crippen LogP contribution in [0.2, 0.25) is 0 Å². The van der Waals surface area contributed by atoms with Gasteiger partial charge in [0.1, 0.15) is 0 Å². The Morgan fingerprint density at radius 1 is 0.731 bits per heavy atom. The lowest BCUT2D eigenvalue weighted by molar-refractivity contribution is 0.550. The topological polar surface area (TPSA) is 0 Å². The quantitative estimate of drug-likeness (QED) is 0.565. The Balaban J connectivity index is 1.86. The van der Waals surface area contributed by atoms with Gasteiger partial charge in [0, 0.05) is 5.92 Å². The molecule has 0 saturated heterocycles. The highest BCUT2D eigenvalue weighted by molar-refractivity contribution is 5.44. The molecule has 134 valence electrons. The molecule has 2 aromatic carbocycles. The van der Waals surface area contributed by atoms with Gasteiger partial charge >= 0.3 is 0 Å². The second-order valence-corrected chi connectivity index (χ2v) is 8.53. The van der Waals surface area contributed by atoms with Gasteiger partial charge in [0.15, 0.2) is 0 Å². The fraction of sp³-hybridized carbons (Fsp3) is 0.385. The number of benzene rings is 2. The largest absolute Gasteiger partial charge is 0.0839 e. The maximum atomic E-state index is 2.42. The third kappa shape index (κ3) is 3.30. The normalized spacial score (nSPS) is 21.8. The van der Waals surface area contributed by atoms with Crippen molar-refractivity contribution in [3.8, 4) is 0 Å². The summed E-state index contributed by atoms with van der Waals surface area (Å²) in [4.78, 5) is 0. The molecule has 0 N–H and O–H groups in total. The van der Waals surface area contributed by atoms with E-state index >= 15 is 0 Å². The number of allylic oxidation sites excluding steroid dienone is 4. The van der Waals surface area contributed by atoms with E-state index in [-0.39, 0.29) is 0 Å². The van der Waals surface area contributed by atoms with Crippen LogP contribution in [0.25, 0.3) is 0 Å². The summed E-state index contributed by atoms with van der Waals surface area (Å²) in [6.07, 6.45) is 10.9. The van der Waals surface area contributed by atoms with Gasteiger partial charge in [0.2, 0.25) is 0 Å². The van der Waals surface area contributed by atoms with Crippen molar-refractivity contribution < 1.29 is 0 Å². The van der Waals surface area contributed by atoms with Crippen LogP contribution in [0.3, 0.4) is 0 Å². The molecule has 26 heavy (non-hydrogen) atoms. The third-order valence-electron chi connectivity index (χ3n) is 6.18. The number of hydrogen-bond acceptors (Lipinski definition) is 0. The Morgan fingerprint density at radius 3 is 1.81 bits per heavy atom. The summed E-state index contributed by atoms with van der Waals surface area (Å²) in [7, 11) is 0. The van der Waals surface area contributed by atoms with Gasteiger partial charge in [-0.2, -0.15) is 0 Å². The summed E-state index contributed by atoms with van der Waals surface area (Å²) < 4.78 is 0. The molecule has 0 radical (unpaired) electrons. The molecule has 0 aliphatic heterocycles.